The van der Waals surface area contributed by atoms with Crippen LogP contribution in [-0.2, 0) is 18.4 Å². The largest absolute Gasteiger partial charge is 0.353 e. The van der Waals surface area contributed by atoms with E-state index in [-0.39, 0.29) is 11.9 Å². The maximum absolute atomic E-state index is 13.9. The topological polar surface area (TPSA) is 80.9 Å². The third-order valence-corrected chi connectivity index (χ3v) is 4.49. The summed E-state index contributed by atoms with van der Waals surface area (Å²) < 4.78 is 17.1. The van der Waals surface area contributed by atoms with Gasteiger partial charge in [-0.1, -0.05) is 0 Å². The zero-order chi connectivity index (χ0) is 17.1. The van der Waals surface area contributed by atoms with E-state index in [4.69, 9.17) is 0 Å². The zero-order valence-electron chi connectivity index (χ0n) is 13.8. The molecule has 0 spiro atoms. The van der Waals surface area contributed by atoms with Crippen molar-refractivity contribution in [2.24, 2.45) is 7.05 Å². The van der Waals surface area contributed by atoms with E-state index in [1.165, 1.54) is 17.3 Å². The number of carbonyl (C=O) groups is 1. The minimum absolute atomic E-state index is 0.0261. The smallest absolute Gasteiger partial charge is 0.244 e. The van der Waals surface area contributed by atoms with Crippen LogP contribution in [0.15, 0.2) is 24.9 Å². The molecule has 0 bridgehead atoms. The molecule has 3 atom stereocenters. The fourth-order valence-electron chi connectivity index (χ4n) is 3.00. The molecule has 2 aromatic rings. The highest BCUT2D eigenvalue weighted by atomic mass is 19.1. The molecule has 1 unspecified atom stereocenters. The highest BCUT2D eigenvalue weighted by molar-refractivity contribution is 5.79. The predicted octanol–water partition coefficient (Wildman–Crippen LogP) is 0.301. The Morgan fingerprint density at radius 2 is 2.33 bits per heavy atom. The number of halogens is 1. The molecule has 1 fully saturated rings. The number of alkyl halides is 1. The van der Waals surface area contributed by atoms with Crippen molar-refractivity contribution in [1.82, 2.24) is 34.8 Å². The molecule has 1 aliphatic heterocycles. The molecule has 0 aromatic carbocycles. The Bertz CT molecular complexity index is 671. The lowest BCUT2D eigenvalue weighted by Gasteiger charge is -2.24. The normalized spacial score (nSPS) is 22.6. The van der Waals surface area contributed by atoms with Crippen molar-refractivity contribution in [3.8, 4) is 0 Å². The summed E-state index contributed by atoms with van der Waals surface area (Å²) in [5.74, 6) is -0.150. The standard InChI is InChI=1S/C15H22FN7O/c1-11(23-10-17-9-20-23)15(24)18-6-14-5-12(16)7-22(14)8-13-3-4-19-21(13)2/h3-4,9-12,14H,5-8H2,1-2H3,(H,18,24)/t11?,12-,14-/m0/s1. The van der Waals surface area contributed by atoms with E-state index in [9.17, 15) is 9.18 Å². The molecular weight excluding hydrogens is 313 g/mol. The lowest BCUT2D eigenvalue weighted by atomic mass is 10.2. The molecule has 2 aromatic heterocycles. The maximum Gasteiger partial charge on any atom is 0.244 e. The van der Waals surface area contributed by atoms with Crippen molar-refractivity contribution in [2.45, 2.75) is 38.1 Å². The molecule has 1 N–H and O–H groups in total. The number of rotatable bonds is 6. The quantitative estimate of drug-likeness (QED) is 0.821. The van der Waals surface area contributed by atoms with Gasteiger partial charge in [-0.3, -0.25) is 14.4 Å². The van der Waals surface area contributed by atoms with Gasteiger partial charge in [0.05, 0.1) is 5.69 Å². The second kappa shape index (κ2) is 7.08. The second-order valence-corrected chi connectivity index (χ2v) is 6.16. The Balaban J connectivity index is 1.56. The van der Waals surface area contributed by atoms with Crippen molar-refractivity contribution in [3.63, 3.8) is 0 Å². The number of aryl methyl sites for hydroxylation is 1. The van der Waals surface area contributed by atoms with E-state index in [1.54, 1.807) is 17.8 Å². The maximum atomic E-state index is 13.9. The SMILES string of the molecule is CC(C(=O)NC[C@@H]1C[C@H](F)CN1Cc1ccnn1C)n1cncn1. The first-order chi connectivity index (χ1) is 11.5. The van der Waals surface area contributed by atoms with Crippen molar-refractivity contribution < 1.29 is 9.18 Å². The molecule has 1 aliphatic rings. The van der Waals surface area contributed by atoms with E-state index in [0.29, 0.717) is 26.1 Å². The van der Waals surface area contributed by atoms with Gasteiger partial charge in [-0.05, 0) is 19.4 Å². The number of hydrogen-bond acceptors (Lipinski definition) is 5. The highest BCUT2D eigenvalue weighted by Crippen LogP contribution is 2.22. The van der Waals surface area contributed by atoms with Gasteiger partial charge in [0.25, 0.3) is 0 Å². The van der Waals surface area contributed by atoms with Crippen LogP contribution in [0.2, 0.25) is 0 Å². The predicted molar refractivity (Wildman–Crippen MR) is 84.7 cm³/mol. The number of nitrogens with zero attached hydrogens (tertiary/aromatic N) is 6. The fraction of sp³-hybridized carbons (Fsp3) is 0.600. The van der Waals surface area contributed by atoms with E-state index in [0.717, 1.165) is 5.69 Å². The summed E-state index contributed by atoms with van der Waals surface area (Å²) in [6.45, 7) is 3.17. The first-order valence-electron chi connectivity index (χ1n) is 8.01. The number of amides is 1. The Morgan fingerprint density at radius 1 is 1.50 bits per heavy atom. The number of aromatic nitrogens is 5. The molecule has 9 heteroatoms. The molecule has 24 heavy (non-hydrogen) atoms. The lowest BCUT2D eigenvalue weighted by molar-refractivity contribution is -0.124. The monoisotopic (exact) mass is 335 g/mol. The molecule has 0 aliphatic carbocycles. The summed E-state index contributed by atoms with van der Waals surface area (Å²) in [4.78, 5) is 18.1. The van der Waals surface area contributed by atoms with Gasteiger partial charge in [-0.25, -0.2) is 14.1 Å². The molecule has 3 heterocycles. The third kappa shape index (κ3) is 3.61. The van der Waals surface area contributed by atoms with Crippen LogP contribution in [0.4, 0.5) is 4.39 Å². The van der Waals surface area contributed by atoms with Crippen LogP contribution in [0.3, 0.4) is 0 Å². The van der Waals surface area contributed by atoms with Crippen molar-refractivity contribution in [2.75, 3.05) is 13.1 Å². The van der Waals surface area contributed by atoms with E-state index in [2.05, 4.69) is 25.4 Å². The van der Waals surface area contributed by atoms with E-state index >= 15 is 0 Å². The number of carbonyl (C=O) groups excluding carboxylic acids is 1. The van der Waals surface area contributed by atoms with Crippen molar-refractivity contribution in [1.29, 1.82) is 0 Å². The molecule has 0 saturated carbocycles. The van der Waals surface area contributed by atoms with E-state index in [1.807, 2.05) is 13.1 Å². The zero-order valence-corrected chi connectivity index (χ0v) is 13.8. The van der Waals surface area contributed by atoms with Crippen LogP contribution in [0.25, 0.3) is 0 Å². The molecule has 0 radical (unpaired) electrons. The number of nitrogens with one attached hydrogen (secondary N) is 1. The van der Waals surface area contributed by atoms with Crippen LogP contribution >= 0.6 is 0 Å². The second-order valence-electron chi connectivity index (χ2n) is 6.16. The Hall–Kier alpha value is -2.29. The summed E-state index contributed by atoms with van der Waals surface area (Å²) >= 11 is 0. The Kier molecular flexibility index (Phi) is 4.89. The molecule has 130 valence electrons. The van der Waals surface area contributed by atoms with Gasteiger partial charge in [0.15, 0.2) is 0 Å². The first kappa shape index (κ1) is 16.6. The number of hydrogen-bond donors (Lipinski definition) is 1. The van der Waals surface area contributed by atoms with Crippen LogP contribution in [-0.4, -0.2) is 60.7 Å². The number of likely N-dealkylation sites (tertiary alicyclic amines) is 1. The van der Waals surface area contributed by atoms with Gasteiger partial charge in [0.1, 0.15) is 24.9 Å². The third-order valence-electron chi connectivity index (χ3n) is 4.49. The minimum Gasteiger partial charge on any atom is -0.353 e. The summed E-state index contributed by atoms with van der Waals surface area (Å²) in [5.41, 5.74) is 1.02. The molecule has 8 nitrogen and oxygen atoms in total. The molecular formula is C15H22FN7O. The van der Waals surface area contributed by atoms with E-state index < -0.39 is 12.2 Å². The van der Waals surface area contributed by atoms with Gasteiger partial charge < -0.3 is 5.32 Å². The van der Waals surface area contributed by atoms with Crippen LogP contribution in [0.5, 0.6) is 0 Å². The van der Waals surface area contributed by atoms with Crippen LogP contribution < -0.4 is 5.32 Å². The van der Waals surface area contributed by atoms with Gasteiger partial charge in [0.2, 0.25) is 5.91 Å². The lowest BCUT2D eigenvalue weighted by Crippen LogP contribution is -2.42. The first-order valence-corrected chi connectivity index (χ1v) is 8.01. The minimum atomic E-state index is -0.868. The Labute approximate surface area is 139 Å². The fourth-order valence-corrected chi connectivity index (χ4v) is 3.00. The van der Waals surface area contributed by atoms with Gasteiger partial charge in [-0.15, -0.1) is 0 Å². The summed E-state index contributed by atoms with van der Waals surface area (Å²) in [7, 11) is 1.87. The summed E-state index contributed by atoms with van der Waals surface area (Å²) in [5, 5.41) is 11.0. The van der Waals surface area contributed by atoms with Crippen molar-refractivity contribution >= 4 is 5.91 Å². The summed E-state index contributed by atoms with van der Waals surface area (Å²) in [6.07, 6.45) is 4.19. The average molecular weight is 335 g/mol. The van der Waals surface area contributed by atoms with Crippen molar-refractivity contribution in [3.05, 3.63) is 30.6 Å². The Morgan fingerprint density at radius 3 is 3.00 bits per heavy atom. The summed E-state index contributed by atoms with van der Waals surface area (Å²) in [6, 6.07) is 1.45. The average Bonchev–Trinajstić information content (AvgIpc) is 3.28. The van der Waals surface area contributed by atoms with Crippen LogP contribution in [0, 0.1) is 0 Å². The molecule has 3 rings (SSSR count). The molecule has 1 saturated heterocycles. The van der Waals surface area contributed by atoms with Gasteiger partial charge in [0, 0.05) is 38.9 Å². The van der Waals surface area contributed by atoms with Gasteiger partial charge in [-0.2, -0.15) is 10.2 Å². The van der Waals surface area contributed by atoms with Gasteiger partial charge >= 0.3 is 0 Å². The molecule has 1 amide bonds. The van der Waals surface area contributed by atoms with Crippen LogP contribution in [0.1, 0.15) is 25.1 Å². The highest BCUT2D eigenvalue weighted by Gasteiger charge is 2.33.